The number of benzene rings is 1. The van der Waals surface area contributed by atoms with Crippen molar-refractivity contribution < 1.29 is 24.9 Å². The van der Waals surface area contributed by atoms with E-state index in [0.717, 1.165) is 5.56 Å². The zero-order chi connectivity index (χ0) is 22.8. The molecule has 3 aromatic rings. The van der Waals surface area contributed by atoms with Crippen LogP contribution in [-0.4, -0.2) is 71.9 Å². The Hall–Kier alpha value is -3.65. The number of nitrogens with zero attached hydrogens (tertiary/aromatic N) is 5. The van der Waals surface area contributed by atoms with E-state index in [-0.39, 0.29) is 28.8 Å². The summed E-state index contributed by atoms with van der Waals surface area (Å²) in [5.74, 6) is 0.00170. The standard InChI is InChI=1S/C19H22N8O5/c1-9(29)23-11-4-2-10(3-5-11)6-22-26-19-24-16(20)13-17(25-19)27(8-21-13)18-15(31)14(30)12(7-28)32-18/h2-6,8,12,14-15,18,28,30-31H,7H2,1H3,(H,23,29)(H3,20,24,25,26)/b22-6+. The molecule has 0 spiro atoms. The molecule has 13 nitrogen and oxygen atoms in total. The molecule has 7 N–H and O–H groups in total. The van der Waals surface area contributed by atoms with Gasteiger partial charge in [0.25, 0.3) is 0 Å². The summed E-state index contributed by atoms with van der Waals surface area (Å²) < 4.78 is 6.94. The van der Waals surface area contributed by atoms with Crippen molar-refractivity contribution in [1.82, 2.24) is 19.5 Å². The van der Waals surface area contributed by atoms with Gasteiger partial charge in [0.1, 0.15) is 23.8 Å². The summed E-state index contributed by atoms with van der Waals surface area (Å²) in [4.78, 5) is 23.7. The van der Waals surface area contributed by atoms with Crippen molar-refractivity contribution in [2.75, 3.05) is 23.1 Å². The minimum absolute atomic E-state index is 0.0783. The summed E-state index contributed by atoms with van der Waals surface area (Å²) in [5, 5.41) is 36.4. The molecule has 168 valence electrons. The van der Waals surface area contributed by atoms with Crippen molar-refractivity contribution in [3.8, 4) is 0 Å². The molecular formula is C19H22N8O5. The SMILES string of the molecule is CC(=O)Nc1ccc(/C=N/Nc2nc(N)c3ncn(C4OC(CO)C(O)C4O)c3n2)cc1. The number of hydrogen-bond acceptors (Lipinski definition) is 11. The Morgan fingerprint density at radius 3 is 2.69 bits per heavy atom. The Morgan fingerprint density at radius 1 is 1.28 bits per heavy atom. The molecule has 0 saturated carbocycles. The number of hydrazone groups is 1. The van der Waals surface area contributed by atoms with Crippen LogP contribution >= 0.6 is 0 Å². The molecule has 4 atom stereocenters. The number of nitrogens with one attached hydrogen (secondary N) is 2. The second kappa shape index (κ2) is 8.84. The minimum atomic E-state index is -1.30. The smallest absolute Gasteiger partial charge is 0.247 e. The number of aliphatic hydroxyl groups is 3. The van der Waals surface area contributed by atoms with E-state index in [4.69, 9.17) is 10.5 Å². The molecule has 0 aliphatic carbocycles. The zero-order valence-corrected chi connectivity index (χ0v) is 17.0. The first kappa shape index (κ1) is 21.6. The third kappa shape index (κ3) is 4.22. The fourth-order valence-electron chi connectivity index (χ4n) is 3.30. The fraction of sp³-hybridized carbons (Fsp3) is 0.316. The number of amides is 1. The molecule has 0 radical (unpaired) electrons. The molecule has 1 aromatic carbocycles. The van der Waals surface area contributed by atoms with Crippen LogP contribution in [0.4, 0.5) is 17.5 Å². The number of nitrogens with two attached hydrogens (primary N) is 1. The molecule has 1 amide bonds. The largest absolute Gasteiger partial charge is 0.394 e. The lowest BCUT2D eigenvalue weighted by molar-refractivity contribution is -0.114. The van der Waals surface area contributed by atoms with Crippen LogP contribution < -0.4 is 16.5 Å². The van der Waals surface area contributed by atoms with Gasteiger partial charge in [0, 0.05) is 12.6 Å². The first-order valence-corrected chi connectivity index (χ1v) is 9.66. The third-order valence-electron chi connectivity index (χ3n) is 4.85. The van der Waals surface area contributed by atoms with Gasteiger partial charge in [-0.2, -0.15) is 15.1 Å². The molecule has 4 unspecified atom stereocenters. The average Bonchev–Trinajstić information content (AvgIpc) is 3.30. The maximum Gasteiger partial charge on any atom is 0.247 e. The van der Waals surface area contributed by atoms with Crippen LogP contribution in [0.5, 0.6) is 0 Å². The first-order chi connectivity index (χ1) is 15.4. The molecule has 13 heteroatoms. The summed E-state index contributed by atoms with van der Waals surface area (Å²) in [6, 6.07) is 7.02. The predicted octanol–water partition coefficient (Wildman–Crippen LogP) is -0.576. The lowest BCUT2D eigenvalue weighted by Gasteiger charge is -2.16. The van der Waals surface area contributed by atoms with Gasteiger partial charge in [-0.15, -0.1) is 0 Å². The Bertz CT molecular complexity index is 1150. The van der Waals surface area contributed by atoms with E-state index in [0.29, 0.717) is 5.69 Å². The summed E-state index contributed by atoms with van der Waals surface area (Å²) >= 11 is 0. The van der Waals surface area contributed by atoms with Gasteiger partial charge in [-0.25, -0.2) is 10.4 Å². The number of anilines is 3. The van der Waals surface area contributed by atoms with Gasteiger partial charge in [0.15, 0.2) is 17.7 Å². The zero-order valence-electron chi connectivity index (χ0n) is 17.0. The highest BCUT2D eigenvalue weighted by atomic mass is 16.6. The lowest BCUT2D eigenvalue weighted by atomic mass is 10.1. The van der Waals surface area contributed by atoms with E-state index < -0.39 is 31.1 Å². The fourth-order valence-corrected chi connectivity index (χ4v) is 3.30. The van der Waals surface area contributed by atoms with E-state index in [2.05, 4.69) is 30.8 Å². The number of aromatic nitrogens is 4. The van der Waals surface area contributed by atoms with Gasteiger partial charge in [-0.05, 0) is 17.7 Å². The van der Waals surface area contributed by atoms with Crippen LogP contribution in [0.1, 0.15) is 18.7 Å². The van der Waals surface area contributed by atoms with Crippen LogP contribution in [0, 0.1) is 0 Å². The highest BCUT2D eigenvalue weighted by Gasteiger charge is 2.44. The number of imidazole rings is 1. The van der Waals surface area contributed by atoms with Crippen molar-refractivity contribution in [3.63, 3.8) is 0 Å². The molecule has 3 heterocycles. The van der Waals surface area contributed by atoms with Gasteiger partial charge in [0.05, 0.1) is 19.1 Å². The maximum absolute atomic E-state index is 11.1. The molecule has 1 aliphatic heterocycles. The van der Waals surface area contributed by atoms with Gasteiger partial charge in [-0.1, -0.05) is 12.1 Å². The number of rotatable bonds is 6. The van der Waals surface area contributed by atoms with Gasteiger partial charge in [0.2, 0.25) is 11.9 Å². The molecule has 32 heavy (non-hydrogen) atoms. The molecule has 1 aliphatic rings. The van der Waals surface area contributed by atoms with E-state index in [1.165, 1.54) is 24.0 Å². The Kier molecular flexibility index (Phi) is 5.96. The summed E-state index contributed by atoms with van der Waals surface area (Å²) in [6.45, 7) is 0.978. The monoisotopic (exact) mass is 442 g/mol. The highest BCUT2D eigenvalue weighted by molar-refractivity contribution is 5.89. The van der Waals surface area contributed by atoms with Crippen LogP contribution in [0.2, 0.25) is 0 Å². The van der Waals surface area contributed by atoms with Gasteiger partial charge >= 0.3 is 0 Å². The minimum Gasteiger partial charge on any atom is -0.394 e. The lowest BCUT2D eigenvalue weighted by Crippen LogP contribution is -2.33. The quantitative estimate of drug-likeness (QED) is 0.212. The third-order valence-corrected chi connectivity index (χ3v) is 4.85. The number of carbonyl (C=O) groups excluding carboxylic acids is 1. The van der Waals surface area contributed by atoms with Gasteiger partial charge < -0.3 is 31.1 Å². The van der Waals surface area contributed by atoms with Gasteiger partial charge in [-0.3, -0.25) is 9.36 Å². The van der Waals surface area contributed by atoms with E-state index in [1.54, 1.807) is 24.3 Å². The highest BCUT2D eigenvalue weighted by Crippen LogP contribution is 2.32. The molecule has 4 rings (SSSR count). The number of carbonyl (C=O) groups is 1. The predicted molar refractivity (Wildman–Crippen MR) is 115 cm³/mol. The van der Waals surface area contributed by atoms with Crippen LogP contribution in [0.3, 0.4) is 0 Å². The normalized spacial score (nSPS) is 23.1. The second-order valence-corrected chi connectivity index (χ2v) is 7.16. The Balaban J connectivity index is 1.53. The topological polar surface area (TPSA) is 193 Å². The Morgan fingerprint density at radius 2 is 2.03 bits per heavy atom. The van der Waals surface area contributed by atoms with Crippen molar-refractivity contribution in [2.45, 2.75) is 31.5 Å². The number of aliphatic hydroxyl groups excluding tert-OH is 3. The molecule has 0 bridgehead atoms. The van der Waals surface area contributed by atoms with Crippen molar-refractivity contribution in [2.24, 2.45) is 5.10 Å². The summed E-state index contributed by atoms with van der Waals surface area (Å²) in [7, 11) is 0. The number of fused-ring (bicyclic) bond motifs is 1. The summed E-state index contributed by atoms with van der Waals surface area (Å²) in [5.41, 5.74) is 10.6. The number of nitrogen functional groups attached to an aromatic ring is 1. The second-order valence-electron chi connectivity index (χ2n) is 7.16. The Labute approximate surface area is 181 Å². The first-order valence-electron chi connectivity index (χ1n) is 9.66. The van der Waals surface area contributed by atoms with Crippen LogP contribution in [-0.2, 0) is 9.53 Å². The summed E-state index contributed by atoms with van der Waals surface area (Å²) in [6.07, 6.45) is -1.62. The molecule has 1 fully saturated rings. The average molecular weight is 442 g/mol. The van der Waals surface area contributed by atoms with Crippen molar-refractivity contribution in [3.05, 3.63) is 36.2 Å². The molecular weight excluding hydrogens is 420 g/mol. The molecule has 1 saturated heterocycles. The van der Waals surface area contributed by atoms with Crippen molar-refractivity contribution >= 4 is 40.7 Å². The van der Waals surface area contributed by atoms with Crippen molar-refractivity contribution in [1.29, 1.82) is 0 Å². The van der Waals surface area contributed by atoms with Crippen LogP contribution in [0.15, 0.2) is 35.7 Å². The van der Waals surface area contributed by atoms with E-state index in [1.807, 2.05) is 0 Å². The number of ether oxygens (including phenoxy) is 1. The number of hydrogen-bond donors (Lipinski definition) is 6. The maximum atomic E-state index is 11.1. The molecule has 2 aromatic heterocycles. The van der Waals surface area contributed by atoms with E-state index >= 15 is 0 Å². The van der Waals surface area contributed by atoms with E-state index in [9.17, 15) is 20.1 Å². The van der Waals surface area contributed by atoms with Crippen LogP contribution in [0.25, 0.3) is 11.2 Å².